The number of carboxylic acid groups (broad SMARTS) is 1. The number of carboxylic acids is 1. The summed E-state index contributed by atoms with van der Waals surface area (Å²) in [6.07, 6.45) is -2.81. The van der Waals surface area contributed by atoms with Crippen LogP contribution in [0.25, 0.3) is 10.9 Å². The van der Waals surface area contributed by atoms with Crippen LogP contribution in [0, 0.1) is 5.82 Å². The number of nitrogens with zero attached hydrogens (tertiary/aromatic N) is 3. The second-order valence-corrected chi connectivity index (χ2v) is 10.4. The van der Waals surface area contributed by atoms with Gasteiger partial charge < -0.3 is 44.5 Å². The number of aliphatic hydroxyl groups excluding tert-OH is 4. The van der Waals surface area contributed by atoms with Gasteiger partial charge >= 0.3 is 5.97 Å². The van der Waals surface area contributed by atoms with Crippen molar-refractivity contribution in [3.63, 3.8) is 0 Å². The van der Waals surface area contributed by atoms with Crippen molar-refractivity contribution < 1.29 is 44.2 Å². The van der Waals surface area contributed by atoms with Gasteiger partial charge in [-0.2, -0.15) is 0 Å². The summed E-state index contributed by atoms with van der Waals surface area (Å²) in [6, 6.07) is 2.91. The first-order valence-corrected chi connectivity index (χ1v) is 13.2. The van der Waals surface area contributed by atoms with E-state index in [4.69, 9.17) is 9.47 Å². The van der Waals surface area contributed by atoms with Crippen molar-refractivity contribution in [2.75, 3.05) is 50.8 Å². The molecule has 5 atom stereocenters. The van der Waals surface area contributed by atoms with Gasteiger partial charge in [0.15, 0.2) is 6.29 Å². The van der Waals surface area contributed by atoms with E-state index < -0.39 is 54.5 Å². The molecule has 5 N–H and O–H groups in total. The number of piperazine rings is 1. The lowest BCUT2D eigenvalue weighted by Gasteiger charge is -2.39. The molecule has 3 aliphatic rings. The molecular formula is C26H34FN3O9. The van der Waals surface area contributed by atoms with Gasteiger partial charge in [0.2, 0.25) is 5.43 Å². The maximum absolute atomic E-state index is 15.2. The number of hydrogen-bond donors (Lipinski definition) is 5. The first kappa shape index (κ1) is 27.9. The van der Waals surface area contributed by atoms with Crippen LogP contribution in [-0.4, -0.2) is 118 Å². The minimum Gasteiger partial charge on any atom is -0.477 e. The van der Waals surface area contributed by atoms with Crippen LogP contribution in [0.4, 0.5) is 10.1 Å². The van der Waals surface area contributed by atoms with E-state index in [9.17, 15) is 35.1 Å². The van der Waals surface area contributed by atoms with Gasteiger partial charge in [-0.3, -0.25) is 9.69 Å². The van der Waals surface area contributed by atoms with Gasteiger partial charge in [-0.05, 0) is 31.4 Å². The summed E-state index contributed by atoms with van der Waals surface area (Å²) < 4.78 is 27.9. The van der Waals surface area contributed by atoms with E-state index in [1.807, 2.05) is 4.90 Å². The second-order valence-electron chi connectivity index (χ2n) is 10.4. The molecule has 0 radical (unpaired) electrons. The van der Waals surface area contributed by atoms with Gasteiger partial charge in [-0.25, -0.2) is 9.18 Å². The van der Waals surface area contributed by atoms with Crippen molar-refractivity contribution in [3.8, 4) is 0 Å². The maximum atomic E-state index is 15.2. The fraction of sp³-hybridized carbons (Fsp3) is 0.615. The van der Waals surface area contributed by atoms with Crippen molar-refractivity contribution in [1.82, 2.24) is 9.47 Å². The molecule has 2 saturated heterocycles. The molecule has 1 aromatic carbocycles. The summed E-state index contributed by atoms with van der Waals surface area (Å²) >= 11 is 0. The molecule has 0 spiro atoms. The predicted molar refractivity (Wildman–Crippen MR) is 136 cm³/mol. The number of ether oxygens (including phenoxy) is 2. The average molecular weight is 552 g/mol. The van der Waals surface area contributed by atoms with E-state index in [-0.39, 0.29) is 23.6 Å². The van der Waals surface area contributed by atoms with Crippen molar-refractivity contribution in [2.45, 2.75) is 56.0 Å². The van der Waals surface area contributed by atoms with E-state index >= 15 is 4.39 Å². The molecule has 1 aliphatic carbocycles. The Labute approximate surface area is 223 Å². The standard InChI is InChI=1S/C26H34FN3O9/c27-17-10-15-18(30(14-2-3-14)12-16(21(15)32)25(36)37)11-19(17)29-7-5-28(6-8-29)4-1-9-38-26-24(35)23(34)22(33)20(13-31)39-26/h10-12,14,20,22-24,26,31,33-35H,1-9,13H2,(H,36,37)/t20-,22+,23+,24-,26-/m1/s1. The van der Waals surface area contributed by atoms with Crippen molar-refractivity contribution in [3.05, 3.63) is 39.9 Å². The van der Waals surface area contributed by atoms with Gasteiger partial charge in [0.1, 0.15) is 35.8 Å². The largest absolute Gasteiger partial charge is 0.477 e. The number of aromatic nitrogens is 1. The van der Waals surface area contributed by atoms with E-state index in [1.54, 1.807) is 10.6 Å². The van der Waals surface area contributed by atoms with Crippen molar-refractivity contribution in [1.29, 1.82) is 0 Å². The van der Waals surface area contributed by atoms with E-state index in [0.717, 1.165) is 18.9 Å². The lowest BCUT2D eigenvalue weighted by Crippen LogP contribution is -2.59. The maximum Gasteiger partial charge on any atom is 0.341 e. The van der Waals surface area contributed by atoms with Gasteiger partial charge in [-0.1, -0.05) is 0 Å². The van der Waals surface area contributed by atoms with Crippen LogP contribution in [0.2, 0.25) is 0 Å². The molecule has 13 heteroatoms. The molecule has 5 rings (SSSR count). The number of carbonyl (C=O) groups is 1. The Kier molecular flexibility index (Phi) is 8.19. The van der Waals surface area contributed by atoms with Gasteiger partial charge in [0, 0.05) is 50.3 Å². The summed E-state index contributed by atoms with van der Waals surface area (Å²) in [5.74, 6) is -1.89. The number of aromatic carboxylic acids is 1. The summed E-state index contributed by atoms with van der Waals surface area (Å²) in [4.78, 5) is 28.4. The molecule has 0 unspecified atom stereocenters. The highest BCUT2D eigenvalue weighted by atomic mass is 19.1. The molecule has 2 aliphatic heterocycles. The third kappa shape index (κ3) is 5.66. The molecule has 1 aromatic heterocycles. The Morgan fingerprint density at radius 1 is 1.08 bits per heavy atom. The predicted octanol–water partition coefficient (Wildman–Crippen LogP) is -0.498. The molecule has 12 nitrogen and oxygen atoms in total. The van der Waals surface area contributed by atoms with Crippen LogP contribution in [0.3, 0.4) is 0 Å². The normalized spacial score (nSPS) is 28.2. The van der Waals surface area contributed by atoms with Crippen LogP contribution in [0.1, 0.15) is 35.7 Å². The molecular weight excluding hydrogens is 517 g/mol. The van der Waals surface area contributed by atoms with Gasteiger partial charge in [0.05, 0.1) is 24.4 Å². The fourth-order valence-electron chi connectivity index (χ4n) is 5.31. The molecule has 1 saturated carbocycles. The Balaban J connectivity index is 1.18. The molecule has 2 aromatic rings. The minimum atomic E-state index is -1.48. The summed E-state index contributed by atoms with van der Waals surface area (Å²) in [5.41, 5.74) is -0.122. The molecule has 3 heterocycles. The smallest absolute Gasteiger partial charge is 0.341 e. The minimum absolute atomic E-state index is 0.0705. The number of rotatable bonds is 9. The Hall–Kier alpha value is -2.65. The zero-order chi connectivity index (χ0) is 27.8. The molecule has 3 fully saturated rings. The highest BCUT2D eigenvalue weighted by molar-refractivity contribution is 5.93. The quantitative estimate of drug-likeness (QED) is 0.255. The zero-order valence-electron chi connectivity index (χ0n) is 21.4. The third-order valence-electron chi connectivity index (χ3n) is 7.73. The lowest BCUT2D eigenvalue weighted by molar-refractivity contribution is -0.301. The van der Waals surface area contributed by atoms with Gasteiger partial charge in [-0.15, -0.1) is 0 Å². The summed E-state index contributed by atoms with van der Waals surface area (Å²) in [5, 5.41) is 48.6. The van der Waals surface area contributed by atoms with Crippen molar-refractivity contribution in [2.24, 2.45) is 0 Å². The number of pyridine rings is 1. The fourth-order valence-corrected chi connectivity index (χ4v) is 5.31. The monoisotopic (exact) mass is 551 g/mol. The van der Waals surface area contributed by atoms with Crippen molar-refractivity contribution >= 4 is 22.6 Å². The van der Waals surface area contributed by atoms with E-state index in [2.05, 4.69) is 4.90 Å². The van der Waals surface area contributed by atoms with E-state index in [0.29, 0.717) is 50.3 Å². The van der Waals surface area contributed by atoms with Gasteiger partial charge in [0.25, 0.3) is 0 Å². The number of aliphatic hydroxyl groups is 4. The molecule has 39 heavy (non-hydrogen) atoms. The third-order valence-corrected chi connectivity index (χ3v) is 7.73. The Morgan fingerprint density at radius 2 is 1.79 bits per heavy atom. The SMILES string of the molecule is O=C(O)c1cn(C2CC2)c2cc(N3CCN(CCCO[C@@H]4O[C@H](CO)[C@H](O)[C@H](O)[C@H]4O)CC3)c(F)cc2c1=O. The van der Waals surface area contributed by atoms with Crippen LogP contribution in [0.15, 0.2) is 23.1 Å². The highest BCUT2D eigenvalue weighted by Crippen LogP contribution is 2.38. The summed E-state index contributed by atoms with van der Waals surface area (Å²) in [6.45, 7) is 2.79. The Morgan fingerprint density at radius 3 is 2.44 bits per heavy atom. The van der Waals surface area contributed by atoms with Crippen LogP contribution in [-0.2, 0) is 9.47 Å². The Bertz CT molecular complexity index is 1260. The van der Waals surface area contributed by atoms with Crippen LogP contribution >= 0.6 is 0 Å². The molecule has 0 amide bonds. The molecule has 0 bridgehead atoms. The number of fused-ring (bicyclic) bond motifs is 1. The number of halogens is 1. The lowest BCUT2D eigenvalue weighted by atomic mass is 9.99. The first-order chi connectivity index (χ1) is 18.7. The van der Waals surface area contributed by atoms with Crippen LogP contribution < -0.4 is 10.3 Å². The second kappa shape index (κ2) is 11.5. The number of anilines is 1. The molecule has 214 valence electrons. The topological polar surface area (TPSA) is 165 Å². The van der Waals surface area contributed by atoms with E-state index in [1.165, 1.54) is 6.20 Å². The number of hydrogen-bond acceptors (Lipinski definition) is 10. The summed E-state index contributed by atoms with van der Waals surface area (Å²) in [7, 11) is 0. The van der Waals surface area contributed by atoms with Crippen LogP contribution in [0.5, 0.6) is 0 Å². The average Bonchev–Trinajstić information content (AvgIpc) is 3.77. The zero-order valence-corrected chi connectivity index (χ0v) is 21.4. The number of benzene rings is 1. The first-order valence-electron chi connectivity index (χ1n) is 13.2. The highest BCUT2D eigenvalue weighted by Gasteiger charge is 2.44.